The standard InChI is InChI=1S/C20H23ClN2O2/c1-2-19(25-18-9-4-3-5-10-18)20(24)23-13-11-22(12-14-23)17-8-6-7-16(21)15-17/h3-10,15,19H,2,11-14H2,1H3/t19-/m0/s1. The van der Waals surface area contributed by atoms with Crippen LogP contribution in [0.2, 0.25) is 5.02 Å². The van der Waals surface area contributed by atoms with E-state index in [4.69, 9.17) is 16.3 Å². The first-order chi connectivity index (χ1) is 12.2. The van der Waals surface area contributed by atoms with Crippen LogP contribution in [0.5, 0.6) is 5.75 Å². The molecule has 3 rings (SSSR count). The maximum atomic E-state index is 12.8. The van der Waals surface area contributed by atoms with Gasteiger partial charge in [-0.2, -0.15) is 0 Å². The van der Waals surface area contributed by atoms with Crippen molar-refractivity contribution in [1.82, 2.24) is 4.90 Å². The van der Waals surface area contributed by atoms with Crippen LogP contribution in [0, 0.1) is 0 Å². The Morgan fingerprint density at radius 1 is 1.08 bits per heavy atom. The number of amides is 1. The van der Waals surface area contributed by atoms with Crippen LogP contribution >= 0.6 is 11.6 Å². The van der Waals surface area contributed by atoms with E-state index in [2.05, 4.69) is 11.0 Å². The Kier molecular flexibility index (Phi) is 5.82. The molecule has 0 radical (unpaired) electrons. The van der Waals surface area contributed by atoms with Crippen molar-refractivity contribution in [1.29, 1.82) is 0 Å². The van der Waals surface area contributed by atoms with Crippen LogP contribution in [-0.4, -0.2) is 43.1 Å². The first-order valence-electron chi connectivity index (χ1n) is 8.68. The zero-order valence-electron chi connectivity index (χ0n) is 14.4. The molecule has 1 atom stereocenters. The first-order valence-corrected chi connectivity index (χ1v) is 9.06. The molecule has 0 N–H and O–H groups in total. The molecule has 1 aliphatic heterocycles. The maximum absolute atomic E-state index is 12.8. The molecule has 1 aliphatic rings. The molecule has 0 bridgehead atoms. The fraction of sp³-hybridized carbons (Fsp3) is 0.350. The van der Waals surface area contributed by atoms with E-state index < -0.39 is 6.10 Å². The third-order valence-corrected chi connectivity index (χ3v) is 4.67. The van der Waals surface area contributed by atoms with Crippen LogP contribution < -0.4 is 9.64 Å². The highest BCUT2D eigenvalue weighted by Gasteiger charge is 2.28. The summed E-state index contributed by atoms with van der Waals surface area (Å²) in [5, 5.41) is 0.735. The Bertz CT molecular complexity index is 700. The number of benzene rings is 2. The molecular formula is C20H23ClN2O2. The van der Waals surface area contributed by atoms with Crippen LogP contribution in [0.15, 0.2) is 54.6 Å². The Morgan fingerprint density at radius 2 is 1.80 bits per heavy atom. The minimum absolute atomic E-state index is 0.0668. The predicted molar refractivity (Wildman–Crippen MR) is 101 cm³/mol. The highest BCUT2D eigenvalue weighted by Crippen LogP contribution is 2.21. The monoisotopic (exact) mass is 358 g/mol. The van der Waals surface area contributed by atoms with E-state index in [1.165, 1.54) is 0 Å². The largest absolute Gasteiger partial charge is 0.481 e. The van der Waals surface area contributed by atoms with E-state index in [1.54, 1.807) is 0 Å². The van der Waals surface area contributed by atoms with Gasteiger partial charge in [0.1, 0.15) is 5.75 Å². The van der Waals surface area contributed by atoms with Crippen LogP contribution in [0.1, 0.15) is 13.3 Å². The van der Waals surface area contributed by atoms with Gasteiger partial charge in [0.2, 0.25) is 0 Å². The van der Waals surface area contributed by atoms with Crippen molar-refractivity contribution in [2.24, 2.45) is 0 Å². The number of carbonyl (C=O) groups is 1. The molecule has 0 aromatic heterocycles. The van der Waals surface area contributed by atoms with Gasteiger partial charge in [-0.1, -0.05) is 42.8 Å². The van der Waals surface area contributed by atoms with Gasteiger partial charge in [-0.05, 0) is 36.8 Å². The number of hydrogen-bond donors (Lipinski definition) is 0. The molecule has 0 saturated carbocycles. The summed E-state index contributed by atoms with van der Waals surface area (Å²) in [6, 6.07) is 17.4. The number of para-hydroxylation sites is 1. The smallest absolute Gasteiger partial charge is 0.263 e. The van der Waals surface area contributed by atoms with E-state index in [1.807, 2.05) is 60.4 Å². The summed E-state index contributed by atoms with van der Waals surface area (Å²) in [7, 11) is 0. The molecule has 4 nitrogen and oxygen atoms in total. The Labute approximate surface area is 154 Å². The molecule has 25 heavy (non-hydrogen) atoms. The van der Waals surface area contributed by atoms with Crippen molar-refractivity contribution in [2.45, 2.75) is 19.4 Å². The van der Waals surface area contributed by atoms with E-state index in [0.717, 1.165) is 29.5 Å². The summed E-state index contributed by atoms with van der Waals surface area (Å²) >= 11 is 6.07. The van der Waals surface area contributed by atoms with Gasteiger partial charge in [-0.3, -0.25) is 4.79 Å². The van der Waals surface area contributed by atoms with E-state index in [9.17, 15) is 4.79 Å². The molecule has 0 spiro atoms. The zero-order valence-corrected chi connectivity index (χ0v) is 15.2. The summed E-state index contributed by atoms with van der Waals surface area (Å²) in [6.45, 7) is 4.97. The van der Waals surface area contributed by atoms with Crippen molar-refractivity contribution in [3.05, 3.63) is 59.6 Å². The van der Waals surface area contributed by atoms with Gasteiger partial charge in [-0.15, -0.1) is 0 Å². The number of piperazine rings is 1. The average Bonchev–Trinajstić information content (AvgIpc) is 2.66. The SMILES string of the molecule is CC[C@H](Oc1ccccc1)C(=O)N1CCN(c2cccc(Cl)c2)CC1. The Hall–Kier alpha value is -2.20. The molecule has 5 heteroatoms. The summed E-state index contributed by atoms with van der Waals surface area (Å²) in [6.07, 6.45) is 0.225. The molecule has 1 saturated heterocycles. The predicted octanol–water partition coefficient (Wildman–Crippen LogP) is 3.85. The highest BCUT2D eigenvalue weighted by atomic mass is 35.5. The summed E-state index contributed by atoms with van der Waals surface area (Å²) in [5.74, 6) is 0.803. The Balaban J connectivity index is 1.58. The second kappa shape index (κ2) is 8.26. The van der Waals surface area contributed by atoms with E-state index in [0.29, 0.717) is 19.5 Å². The Morgan fingerprint density at radius 3 is 2.44 bits per heavy atom. The third-order valence-electron chi connectivity index (χ3n) is 4.43. The van der Waals surface area contributed by atoms with Crippen molar-refractivity contribution in [3.8, 4) is 5.75 Å². The van der Waals surface area contributed by atoms with Gasteiger partial charge in [0.25, 0.3) is 5.91 Å². The molecule has 0 aliphatic carbocycles. The fourth-order valence-corrected chi connectivity index (χ4v) is 3.22. The van der Waals surface area contributed by atoms with Gasteiger partial charge < -0.3 is 14.5 Å². The lowest BCUT2D eigenvalue weighted by molar-refractivity contribution is -0.139. The minimum Gasteiger partial charge on any atom is -0.481 e. The number of hydrogen-bond acceptors (Lipinski definition) is 3. The second-order valence-corrected chi connectivity index (χ2v) is 6.56. The van der Waals surface area contributed by atoms with Crippen LogP contribution in [0.25, 0.3) is 0 Å². The summed E-state index contributed by atoms with van der Waals surface area (Å²) in [4.78, 5) is 17.0. The van der Waals surface area contributed by atoms with Crippen molar-refractivity contribution in [2.75, 3.05) is 31.1 Å². The van der Waals surface area contributed by atoms with E-state index in [-0.39, 0.29) is 5.91 Å². The molecule has 1 fully saturated rings. The number of rotatable bonds is 5. The van der Waals surface area contributed by atoms with Gasteiger partial charge in [-0.25, -0.2) is 0 Å². The van der Waals surface area contributed by atoms with Crippen molar-refractivity contribution < 1.29 is 9.53 Å². The lowest BCUT2D eigenvalue weighted by Gasteiger charge is -2.37. The molecule has 0 unspecified atom stereocenters. The number of halogens is 1. The number of ether oxygens (including phenoxy) is 1. The average molecular weight is 359 g/mol. The quantitative estimate of drug-likeness (QED) is 0.814. The van der Waals surface area contributed by atoms with E-state index >= 15 is 0 Å². The fourth-order valence-electron chi connectivity index (χ4n) is 3.03. The normalized spacial score (nSPS) is 15.8. The molecule has 2 aromatic carbocycles. The van der Waals surface area contributed by atoms with Crippen molar-refractivity contribution in [3.63, 3.8) is 0 Å². The van der Waals surface area contributed by atoms with Gasteiger partial charge in [0.15, 0.2) is 6.10 Å². The number of nitrogens with zero attached hydrogens (tertiary/aromatic N) is 2. The lowest BCUT2D eigenvalue weighted by Crippen LogP contribution is -2.52. The van der Waals surface area contributed by atoms with Crippen LogP contribution in [0.3, 0.4) is 0 Å². The van der Waals surface area contributed by atoms with Crippen LogP contribution in [-0.2, 0) is 4.79 Å². The minimum atomic E-state index is -0.430. The van der Waals surface area contributed by atoms with Gasteiger partial charge in [0, 0.05) is 36.9 Å². The third kappa shape index (κ3) is 4.45. The molecular weight excluding hydrogens is 336 g/mol. The van der Waals surface area contributed by atoms with Gasteiger partial charge in [0.05, 0.1) is 0 Å². The molecule has 132 valence electrons. The summed E-state index contributed by atoms with van der Waals surface area (Å²) in [5.41, 5.74) is 1.10. The zero-order chi connectivity index (χ0) is 17.6. The van der Waals surface area contributed by atoms with Crippen LogP contribution in [0.4, 0.5) is 5.69 Å². The first kappa shape index (κ1) is 17.6. The summed E-state index contributed by atoms with van der Waals surface area (Å²) < 4.78 is 5.88. The maximum Gasteiger partial charge on any atom is 0.263 e. The second-order valence-electron chi connectivity index (χ2n) is 6.12. The number of anilines is 1. The van der Waals surface area contributed by atoms with Crippen molar-refractivity contribution >= 4 is 23.2 Å². The highest BCUT2D eigenvalue weighted by molar-refractivity contribution is 6.30. The lowest BCUT2D eigenvalue weighted by atomic mass is 10.2. The topological polar surface area (TPSA) is 32.8 Å². The molecule has 1 heterocycles. The molecule has 1 amide bonds. The number of carbonyl (C=O) groups excluding carboxylic acids is 1. The molecule has 2 aromatic rings. The van der Waals surface area contributed by atoms with Gasteiger partial charge >= 0.3 is 0 Å².